The number of rotatable bonds is 7. The molecule has 0 aliphatic carbocycles. The van der Waals surface area contributed by atoms with Gasteiger partial charge in [0.2, 0.25) is 0 Å². The van der Waals surface area contributed by atoms with Gasteiger partial charge in [0.05, 0.1) is 13.7 Å². The normalized spacial score (nSPS) is 14.5. The number of aromatic nitrogens is 2. The maximum Gasteiger partial charge on any atom is 0.121 e. The molecule has 0 aliphatic heterocycles. The molecule has 0 aliphatic rings. The van der Waals surface area contributed by atoms with Crippen LogP contribution in [0.2, 0.25) is 19.6 Å². The largest absolute Gasteiger partial charge is 0.500 e. The maximum absolute atomic E-state index is 8.90. The molecule has 0 saturated carbocycles. The van der Waals surface area contributed by atoms with E-state index in [9.17, 15) is 0 Å². The number of aryl methyl sites for hydroxylation is 1. The molecule has 0 fully saturated rings. The number of pyridine rings is 2. The van der Waals surface area contributed by atoms with E-state index in [1.165, 1.54) is 11.3 Å². The smallest absolute Gasteiger partial charge is 0.121 e. The third-order valence-electron chi connectivity index (χ3n) is 8.43. The summed E-state index contributed by atoms with van der Waals surface area (Å²) in [5, 5.41) is 2.76. The van der Waals surface area contributed by atoms with Crippen LogP contribution in [-0.4, -0.2) is 18.0 Å². The molecule has 0 bridgehead atoms. The Morgan fingerprint density at radius 2 is 1.56 bits per heavy atom. The van der Waals surface area contributed by atoms with Crippen LogP contribution in [0.4, 0.5) is 0 Å². The fraction of sp³-hybridized carbons (Fsp3) is 0.244. The van der Waals surface area contributed by atoms with Gasteiger partial charge in [-0.05, 0) is 58.0 Å². The van der Waals surface area contributed by atoms with Crippen molar-refractivity contribution in [2.24, 2.45) is 0 Å². The van der Waals surface area contributed by atoms with Crippen molar-refractivity contribution in [2.75, 3.05) is 0 Å². The monoisotopic (exact) mass is 858 g/mol. The van der Waals surface area contributed by atoms with Gasteiger partial charge >= 0.3 is 0 Å². The Bertz CT molecular complexity index is 2500. The van der Waals surface area contributed by atoms with E-state index in [2.05, 4.69) is 41.7 Å². The van der Waals surface area contributed by atoms with Crippen LogP contribution in [0, 0.1) is 19.0 Å². The molecule has 1 radical (unpaired) electrons. The van der Waals surface area contributed by atoms with Crippen molar-refractivity contribution in [1.82, 2.24) is 9.97 Å². The Morgan fingerprint density at radius 3 is 2.24 bits per heavy atom. The van der Waals surface area contributed by atoms with Gasteiger partial charge in [0.15, 0.2) is 0 Å². The SMILES string of the molecule is [2H]C(C)(C)c1ccnc(-c2[c-]cc3oc4cccc(C([2H])([2H])c5ccccc5)c4c3c2)c1.[2H]C([2H])([2H])c1c[c-]c(-c2cc(C([2H])(C)C)c([Si](C)(C)C)cn2)cc1.[Ir]. The molecule has 5 heteroatoms. The predicted molar refractivity (Wildman–Crippen MR) is 209 cm³/mol. The van der Waals surface area contributed by atoms with E-state index in [1.54, 1.807) is 36.5 Å². The van der Waals surface area contributed by atoms with Crippen molar-refractivity contribution in [3.8, 4) is 22.5 Å². The Balaban J connectivity index is 0.000000223. The summed E-state index contributed by atoms with van der Waals surface area (Å²) in [6.45, 7) is 12.1. The molecule has 0 spiro atoms. The molecule has 4 aromatic carbocycles. The summed E-state index contributed by atoms with van der Waals surface area (Å²) in [6, 6.07) is 35.3. The van der Waals surface area contributed by atoms with Gasteiger partial charge in [-0.3, -0.25) is 0 Å². The van der Waals surface area contributed by atoms with E-state index < -0.39 is 33.1 Å². The fourth-order valence-corrected chi connectivity index (χ4v) is 7.37. The molecule has 0 unspecified atom stereocenters. The van der Waals surface area contributed by atoms with E-state index in [4.69, 9.17) is 14.0 Å². The Labute approximate surface area is 322 Å². The predicted octanol–water partition coefficient (Wildman–Crippen LogP) is 11.7. The topological polar surface area (TPSA) is 38.9 Å². The Hall–Kier alpha value is -4.15. The molecule has 3 nitrogen and oxygen atoms in total. The number of fused-ring (bicyclic) bond motifs is 3. The Kier molecular flexibility index (Phi) is 9.02. The average Bonchev–Trinajstić information content (AvgIpc) is 3.52. The molecule has 50 heavy (non-hydrogen) atoms. The molecule has 7 rings (SSSR count). The van der Waals surface area contributed by atoms with Gasteiger partial charge in [-0.15, -0.1) is 59.2 Å². The minimum Gasteiger partial charge on any atom is -0.500 e. The summed E-state index contributed by atoms with van der Waals surface area (Å²) in [4.78, 5) is 9.05. The van der Waals surface area contributed by atoms with Crippen LogP contribution in [0.1, 0.15) is 76.9 Å². The second-order valence-electron chi connectivity index (χ2n) is 13.7. The summed E-state index contributed by atoms with van der Waals surface area (Å²) in [5.41, 5.74) is 7.54. The minimum atomic E-state index is -2.13. The summed E-state index contributed by atoms with van der Waals surface area (Å²) < 4.78 is 63.0. The maximum atomic E-state index is 8.90. The van der Waals surface area contributed by atoms with Gasteiger partial charge in [0.25, 0.3) is 0 Å². The zero-order valence-electron chi connectivity index (χ0n) is 36.5. The Morgan fingerprint density at radius 1 is 0.800 bits per heavy atom. The summed E-state index contributed by atoms with van der Waals surface area (Å²) in [6.07, 6.45) is 1.91. The van der Waals surface area contributed by atoms with E-state index in [0.29, 0.717) is 22.3 Å². The number of benzene rings is 4. The molecular formula is C45H46IrN2OSi-2. The van der Waals surface area contributed by atoms with Gasteiger partial charge in [0.1, 0.15) is 5.58 Å². The van der Waals surface area contributed by atoms with Gasteiger partial charge in [-0.1, -0.05) is 125 Å². The molecule has 3 aromatic heterocycles. The molecular weight excluding hydrogens is 805 g/mol. The first-order valence-electron chi connectivity index (χ1n) is 20.0. The fourth-order valence-electron chi connectivity index (χ4n) is 5.79. The van der Waals surface area contributed by atoms with Crippen LogP contribution >= 0.6 is 0 Å². The van der Waals surface area contributed by atoms with Crippen molar-refractivity contribution >= 4 is 35.2 Å². The number of hydrogen-bond acceptors (Lipinski definition) is 3. The zero-order chi connectivity index (χ0) is 40.8. The summed E-state index contributed by atoms with van der Waals surface area (Å²) in [7, 11) is -1.61. The van der Waals surface area contributed by atoms with Crippen LogP contribution < -0.4 is 5.19 Å². The van der Waals surface area contributed by atoms with E-state index >= 15 is 0 Å². The molecule has 7 aromatic rings. The molecule has 0 N–H and O–H groups in total. The van der Waals surface area contributed by atoms with Gasteiger partial charge in [-0.2, -0.15) is 0 Å². The van der Waals surface area contributed by atoms with Crippen molar-refractivity contribution in [3.05, 3.63) is 149 Å². The molecule has 0 atom stereocenters. The summed E-state index contributed by atoms with van der Waals surface area (Å²) >= 11 is 0. The van der Waals surface area contributed by atoms with Crippen LogP contribution in [0.15, 0.2) is 114 Å². The second-order valence-corrected chi connectivity index (χ2v) is 18.7. The van der Waals surface area contributed by atoms with Gasteiger partial charge < -0.3 is 14.4 Å². The zero-order valence-corrected chi connectivity index (χ0v) is 32.9. The third kappa shape index (κ3) is 8.41. The number of nitrogens with zero attached hydrogens (tertiary/aromatic N) is 2. The molecule has 3 heterocycles. The van der Waals surface area contributed by atoms with Crippen LogP contribution in [0.3, 0.4) is 0 Å². The van der Waals surface area contributed by atoms with Crippen LogP contribution in [0.25, 0.3) is 44.5 Å². The van der Waals surface area contributed by atoms with E-state index in [1.807, 2.05) is 94.6 Å². The second kappa shape index (κ2) is 15.8. The van der Waals surface area contributed by atoms with Crippen molar-refractivity contribution < 1.29 is 34.1 Å². The molecule has 257 valence electrons. The quantitative estimate of drug-likeness (QED) is 0.118. The van der Waals surface area contributed by atoms with Crippen LogP contribution in [0.5, 0.6) is 0 Å². The average molecular weight is 858 g/mol. The standard InChI is InChI=1S/C27H22NO.C18H24NSi.Ir/c1-18(2)20-13-14-28-24(17-20)21-11-12-25-23(16-21)27-22(9-6-10-26(27)29-25)15-19-7-4-3-5-8-19;1-13(2)16-11-17(15-9-7-14(3)8-10-15)19-12-18(16)20(4,5)6;/h3-10,12-14,16-18H,15H2,1-2H3;7-9,11-13H,1-6H3;/q2*-1;/i15D2,18D;3D3,13D;. The molecule has 0 amide bonds. The van der Waals surface area contributed by atoms with Gasteiger partial charge in [0, 0.05) is 47.5 Å². The van der Waals surface area contributed by atoms with E-state index in [-0.39, 0.29) is 25.7 Å². The van der Waals surface area contributed by atoms with Gasteiger partial charge in [-0.25, -0.2) is 0 Å². The summed E-state index contributed by atoms with van der Waals surface area (Å²) in [5.74, 6) is -1.45. The van der Waals surface area contributed by atoms with Crippen molar-refractivity contribution in [1.29, 1.82) is 0 Å². The first-order chi connectivity index (χ1) is 26.0. The van der Waals surface area contributed by atoms with Crippen molar-refractivity contribution in [2.45, 2.75) is 72.3 Å². The first-order valence-corrected chi connectivity index (χ1v) is 20.0. The first kappa shape index (κ1) is 28.5. The molecule has 0 saturated heterocycles. The minimum absolute atomic E-state index is 0. The van der Waals surface area contributed by atoms with Crippen molar-refractivity contribution in [3.63, 3.8) is 0 Å². The number of hydrogen-bond donors (Lipinski definition) is 0. The third-order valence-corrected chi connectivity index (χ3v) is 10.4. The number of furan rings is 1. The van der Waals surface area contributed by atoms with Crippen LogP contribution in [-0.2, 0) is 26.5 Å². The van der Waals surface area contributed by atoms with E-state index in [0.717, 1.165) is 44.4 Å².